The Morgan fingerprint density at radius 1 is 1.18 bits per heavy atom. The highest BCUT2D eigenvalue weighted by atomic mass is 35.5. The van der Waals surface area contributed by atoms with Gasteiger partial charge in [-0.15, -0.1) is 0 Å². The van der Waals surface area contributed by atoms with Gasteiger partial charge in [0, 0.05) is 40.2 Å². The van der Waals surface area contributed by atoms with Crippen molar-refractivity contribution in [2.75, 3.05) is 20.3 Å². The SMILES string of the molecule is COc1cc(C(=O)NC[C@H](c2cc3c(c(-c4ccc(F)c(Cl)c4F)n2)OC[C@]3(C)C(N)=O)C2CC2)cc2cc(C)c(Cl)nc12. The molecule has 2 atom stereocenters. The van der Waals surface area contributed by atoms with Crippen LogP contribution in [0.1, 0.15) is 52.9 Å². The number of amides is 2. The van der Waals surface area contributed by atoms with Crippen LogP contribution in [0.15, 0.2) is 36.4 Å². The molecular formula is C32H28Cl2F2N4O4. The van der Waals surface area contributed by atoms with Crippen LogP contribution in [0, 0.1) is 24.5 Å². The van der Waals surface area contributed by atoms with E-state index in [0.29, 0.717) is 38.6 Å². The van der Waals surface area contributed by atoms with Gasteiger partial charge in [-0.05, 0) is 74.6 Å². The predicted octanol–water partition coefficient (Wildman–Crippen LogP) is 6.26. The van der Waals surface area contributed by atoms with E-state index in [1.54, 1.807) is 25.1 Å². The Bertz CT molecular complexity index is 1870. The lowest BCUT2D eigenvalue weighted by atomic mass is 9.82. The second-order valence-electron chi connectivity index (χ2n) is 11.5. The average molecular weight is 642 g/mol. The van der Waals surface area contributed by atoms with E-state index in [0.717, 1.165) is 24.5 Å². The molecule has 1 aliphatic carbocycles. The minimum Gasteiger partial charge on any atom is -0.494 e. The van der Waals surface area contributed by atoms with Gasteiger partial charge in [0.25, 0.3) is 5.91 Å². The number of nitrogens with one attached hydrogen (secondary N) is 1. The van der Waals surface area contributed by atoms with Crippen LogP contribution in [0.3, 0.4) is 0 Å². The Balaban J connectivity index is 1.38. The van der Waals surface area contributed by atoms with E-state index in [9.17, 15) is 14.0 Å². The van der Waals surface area contributed by atoms with E-state index in [4.69, 9.17) is 43.4 Å². The smallest absolute Gasteiger partial charge is 0.251 e. The van der Waals surface area contributed by atoms with Crippen LogP contribution in [0.5, 0.6) is 11.5 Å². The van der Waals surface area contributed by atoms with Gasteiger partial charge in [-0.3, -0.25) is 9.59 Å². The average Bonchev–Trinajstić information content (AvgIpc) is 3.78. The van der Waals surface area contributed by atoms with Crippen LogP contribution in [-0.4, -0.2) is 42.0 Å². The van der Waals surface area contributed by atoms with E-state index >= 15 is 4.39 Å². The maximum absolute atomic E-state index is 15.3. The Kier molecular flexibility index (Phi) is 7.62. The van der Waals surface area contributed by atoms with Crippen molar-refractivity contribution in [1.82, 2.24) is 15.3 Å². The molecule has 3 heterocycles. The number of aryl methyl sites for hydroxylation is 1. The molecule has 1 saturated carbocycles. The highest BCUT2D eigenvalue weighted by molar-refractivity contribution is 6.31. The molecule has 2 aromatic carbocycles. The van der Waals surface area contributed by atoms with E-state index in [1.807, 2.05) is 13.0 Å². The van der Waals surface area contributed by atoms with Gasteiger partial charge in [-0.25, -0.2) is 18.7 Å². The van der Waals surface area contributed by atoms with Gasteiger partial charge in [0.1, 0.15) is 50.7 Å². The molecule has 1 aliphatic heterocycles. The molecule has 0 saturated heterocycles. The maximum atomic E-state index is 15.3. The zero-order valence-corrected chi connectivity index (χ0v) is 25.6. The van der Waals surface area contributed by atoms with Crippen molar-refractivity contribution >= 4 is 45.9 Å². The molecule has 2 amide bonds. The minimum absolute atomic E-state index is 0.0689. The number of ether oxygens (including phenoxy) is 2. The molecule has 4 aromatic rings. The molecule has 0 spiro atoms. The number of halogens is 4. The summed E-state index contributed by atoms with van der Waals surface area (Å²) in [7, 11) is 1.49. The molecule has 8 nitrogen and oxygen atoms in total. The summed E-state index contributed by atoms with van der Waals surface area (Å²) in [5, 5.41) is 3.38. The van der Waals surface area contributed by atoms with Crippen molar-refractivity contribution in [2.45, 2.75) is 38.0 Å². The molecule has 228 valence electrons. The van der Waals surface area contributed by atoms with Gasteiger partial charge in [0.15, 0.2) is 5.82 Å². The maximum Gasteiger partial charge on any atom is 0.251 e. The third kappa shape index (κ3) is 5.09. The molecule has 1 fully saturated rings. The van der Waals surface area contributed by atoms with E-state index < -0.39 is 28.0 Å². The normalized spacial score (nSPS) is 18.1. The predicted molar refractivity (Wildman–Crippen MR) is 162 cm³/mol. The Labute approximate surface area is 261 Å². The van der Waals surface area contributed by atoms with Crippen molar-refractivity contribution in [3.8, 4) is 22.8 Å². The van der Waals surface area contributed by atoms with Crippen molar-refractivity contribution in [3.05, 3.63) is 80.6 Å². The fourth-order valence-corrected chi connectivity index (χ4v) is 5.93. The van der Waals surface area contributed by atoms with Crippen LogP contribution in [0.4, 0.5) is 8.78 Å². The summed E-state index contributed by atoms with van der Waals surface area (Å²) < 4.78 is 40.7. The van der Waals surface area contributed by atoms with Crippen LogP contribution in [0.2, 0.25) is 10.2 Å². The van der Waals surface area contributed by atoms with E-state index in [-0.39, 0.29) is 47.9 Å². The number of pyridine rings is 2. The number of hydrogen-bond acceptors (Lipinski definition) is 6. The van der Waals surface area contributed by atoms with Crippen molar-refractivity contribution in [1.29, 1.82) is 0 Å². The third-order valence-corrected chi connectivity index (χ3v) is 9.20. The van der Waals surface area contributed by atoms with Gasteiger partial charge in [-0.1, -0.05) is 23.2 Å². The number of fused-ring (bicyclic) bond motifs is 2. The second kappa shape index (κ2) is 11.2. The highest BCUT2D eigenvalue weighted by Gasteiger charge is 2.45. The van der Waals surface area contributed by atoms with Crippen LogP contribution in [-0.2, 0) is 10.2 Å². The van der Waals surface area contributed by atoms with Crippen molar-refractivity contribution < 1.29 is 27.8 Å². The molecule has 12 heteroatoms. The fraction of sp³-hybridized carbons (Fsp3) is 0.312. The monoisotopic (exact) mass is 640 g/mol. The molecule has 2 aliphatic rings. The van der Waals surface area contributed by atoms with E-state index in [2.05, 4.69) is 10.3 Å². The summed E-state index contributed by atoms with van der Waals surface area (Å²) >= 11 is 12.1. The molecule has 6 rings (SSSR count). The first-order valence-corrected chi connectivity index (χ1v) is 14.7. The van der Waals surface area contributed by atoms with Gasteiger partial charge in [0.05, 0.1) is 7.11 Å². The first kappa shape index (κ1) is 30.0. The lowest BCUT2D eigenvalue weighted by Gasteiger charge is -2.22. The summed E-state index contributed by atoms with van der Waals surface area (Å²) in [5.74, 6) is -2.39. The van der Waals surface area contributed by atoms with Crippen molar-refractivity contribution in [2.24, 2.45) is 11.7 Å². The Morgan fingerprint density at radius 2 is 1.93 bits per heavy atom. The van der Waals surface area contributed by atoms with Gasteiger partial charge < -0.3 is 20.5 Å². The molecule has 0 unspecified atom stereocenters. The quantitative estimate of drug-likeness (QED) is 0.173. The van der Waals surface area contributed by atoms with Gasteiger partial charge in [0.2, 0.25) is 5.91 Å². The summed E-state index contributed by atoms with van der Waals surface area (Å²) in [6, 6.07) is 9.18. The Hall–Kier alpha value is -4.02. The fourth-order valence-electron chi connectivity index (χ4n) is 5.63. The molecule has 0 radical (unpaired) electrons. The molecule has 2 aromatic heterocycles. The molecular weight excluding hydrogens is 613 g/mol. The van der Waals surface area contributed by atoms with E-state index in [1.165, 1.54) is 13.2 Å². The lowest BCUT2D eigenvalue weighted by molar-refractivity contribution is -0.123. The molecule has 3 N–H and O–H groups in total. The van der Waals surface area contributed by atoms with Crippen molar-refractivity contribution in [3.63, 3.8) is 0 Å². The van der Waals surface area contributed by atoms with Gasteiger partial charge in [-0.2, -0.15) is 0 Å². The standard InChI is InChI=1S/C32H28Cl2F2N4O4/c1-14-8-16-9-17(10-23(43-3)26(16)40-29(14)34)30(41)38-12-19(15-4-5-15)22-11-20-28(44-13-32(20,2)31(37)42)27(39-22)18-6-7-21(35)24(33)25(18)36/h6-11,15,19H,4-5,12-13H2,1-3H3,(H2,37,42)(H,38,41)/t19-,32-/m0/s1. The number of primary amides is 1. The number of aromatic nitrogens is 2. The van der Waals surface area contributed by atoms with Crippen LogP contribution >= 0.6 is 23.2 Å². The lowest BCUT2D eigenvalue weighted by Crippen LogP contribution is -2.40. The van der Waals surface area contributed by atoms with Crippen LogP contribution < -0.4 is 20.5 Å². The summed E-state index contributed by atoms with van der Waals surface area (Å²) in [6.45, 7) is 3.61. The summed E-state index contributed by atoms with van der Waals surface area (Å²) in [5.41, 5.74) is 7.22. The molecule has 44 heavy (non-hydrogen) atoms. The zero-order valence-electron chi connectivity index (χ0n) is 24.1. The Morgan fingerprint density at radius 3 is 2.61 bits per heavy atom. The number of carbonyl (C=O) groups excluding carboxylic acids is 2. The minimum atomic E-state index is -1.21. The topological polar surface area (TPSA) is 116 Å². The number of benzene rings is 2. The van der Waals surface area contributed by atoms with Crippen LogP contribution in [0.25, 0.3) is 22.2 Å². The largest absolute Gasteiger partial charge is 0.494 e. The highest BCUT2D eigenvalue weighted by Crippen LogP contribution is 2.49. The number of carbonyl (C=O) groups is 2. The number of hydrogen-bond donors (Lipinski definition) is 2. The first-order valence-electron chi connectivity index (χ1n) is 14.0. The zero-order chi connectivity index (χ0) is 31.5. The number of nitrogens with two attached hydrogens (primary N) is 1. The number of rotatable bonds is 8. The first-order chi connectivity index (χ1) is 20.9. The molecule has 0 bridgehead atoms. The summed E-state index contributed by atoms with van der Waals surface area (Å²) in [6.07, 6.45) is 1.79. The number of nitrogens with zero attached hydrogens (tertiary/aromatic N) is 2. The number of methoxy groups -OCH3 is 1. The summed E-state index contributed by atoms with van der Waals surface area (Å²) in [4.78, 5) is 35.2. The van der Waals surface area contributed by atoms with Gasteiger partial charge >= 0.3 is 0 Å². The third-order valence-electron chi connectivity index (χ3n) is 8.47. The second-order valence-corrected chi connectivity index (χ2v) is 12.2.